The van der Waals surface area contributed by atoms with Crippen molar-refractivity contribution in [2.24, 2.45) is 5.73 Å². The van der Waals surface area contributed by atoms with Gasteiger partial charge in [0.15, 0.2) is 11.5 Å². The van der Waals surface area contributed by atoms with E-state index in [1.165, 1.54) is 0 Å². The summed E-state index contributed by atoms with van der Waals surface area (Å²) in [5, 5.41) is 10.7. The Balaban J connectivity index is 1.57. The molecule has 0 saturated carbocycles. The quantitative estimate of drug-likeness (QED) is 0.285. The van der Waals surface area contributed by atoms with Crippen molar-refractivity contribution in [2.45, 2.75) is 32.9 Å². The van der Waals surface area contributed by atoms with Crippen LogP contribution >= 0.6 is 11.6 Å². The molecule has 0 fully saturated rings. The second-order valence-corrected chi connectivity index (χ2v) is 9.86. The predicted octanol–water partition coefficient (Wildman–Crippen LogP) is 6.05. The fourth-order valence-corrected chi connectivity index (χ4v) is 4.94. The van der Waals surface area contributed by atoms with Crippen LogP contribution in [0.4, 0.5) is 0 Å². The van der Waals surface area contributed by atoms with E-state index < -0.39 is 5.92 Å². The topological polar surface area (TPSA) is 99.5 Å². The van der Waals surface area contributed by atoms with Gasteiger partial charge in [0.1, 0.15) is 24.0 Å². The summed E-state index contributed by atoms with van der Waals surface area (Å²) >= 11 is 6.00. The number of benzene rings is 3. The molecule has 1 aromatic heterocycles. The summed E-state index contributed by atoms with van der Waals surface area (Å²) in [7, 11) is 0. The standard InChI is InChI=1S/C32H28ClN3O4/c1-3-38-27-16-23(11-14-26(27)39-19-22-9-12-24(33)13-10-22)29-25(17-34)31(35)40-28-15-20(2)36(32(37)30(28)29)18-21-7-5-4-6-8-21/h4-16,29H,3,18-19,35H2,1-2H3/t29-/m1/s1. The second-order valence-electron chi connectivity index (χ2n) is 9.42. The molecule has 0 radical (unpaired) electrons. The summed E-state index contributed by atoms with van der Waals surface area (Å²) in [6.07, 6.45) is 0. The van der Waals surface area contributed by atoms with Crippen molar-refractivity contribution >= 4 is 11.6 Å². The van der Waals surface area contributed by atoms with E-state index in [1.54, 1.807) is 22.8 Å². The lowest BCUT2D eigenvalue weighted by Gasteiger charge is -2.28. The molecule has 8 heteroatoms. The maximum Gasteiger partial charge on any atom is 0.259 e. The van der Waals surface area contributed by atoms with E-state index in [9.17, 15) is 10.1 Å². The second kappa shape index (κ2) is 11.6. The molecule has 0 aliphatic carbocycles. The van der Waals surface area contributed by atoms with Crippen LogP contribution in [0.3, 0.4) is 0 Å². The number of hydrogen-bond donors (Lipinski definition) is 1. The number of aromatic nitrogens is 1. The predicted molar refractivity (Wildman–Crippen MR) is 154 cm³/mol. The van der Waals surface area contributed by atoms with Crippen molar-refractivity contribution in [1.82, 2.24) is 4.57 Å². The van der Waals surface area contributed by atoms with E-state index >= 15 is 0 Å². The summed E-state index contributed by atoms with van der Waals surface area (Å²) < 4.78 is 19.5. The first-order valence-electron chi connectivity index (χ1n) is 12.9. The van der Waals surface area contributed by atoms with Crippen LogP contribution < -0.4 is 25.5 Å². The lowest BCUT2D eigenvalue weighted by atomic mass is 9.83. The minimum Gasteiger partial charge on any atom is -0.490 e. The monoisotopic (exact) mass is 553 g/mol. The molecular weight excluding hydrogens is 526 g/mol. The summed E-state index contributed by atoms with van der Waals surface area (Å²) in [4.78, 5) is 14.0. The van der Waals surface area contributed by atoms with Crippen molar-refractivity contribution < 1.29 is 14.2 Å². The largest absolute Gasteiger partial charge is 0.490 e. The first kappa shape index (κ1) is 26.9. The van der Waals surface area contributed by atoms with E-state index in [0.717, 1.165) is 16.8 Å². The molecule has 0 spiro atoms. The SMILES string of the molecule is CCOc1cc([C@@H]2C(C#N)=C(N)Oc3cc(C)n(Cc4ccccc4)c(=O)c32)ccc1OCc1ccc(Cl)cc1. The first-order valence-corrected chi connectivity index (χ1v) is 13.3. The average Bonchev–Trinajstić information content (AvgIpc) is 2.95. The molecule has 0 bridgehead atoms. The van der Waals surface area contributed by atoms with Gasteiger partial charge in [0.05, 0.1) is 24.6 Å². The molecule has 2 heterocycles. The molecule has 7 nitrogen and oxygen atoms in total. The van der Waals surface area contributed by atoms with Gasteiger partial charge in [-0.1, -0.05) is 60.1 Å². The fourth-order valence-electron chi connectivity index (χ4n) is 4.82. The molecule has 1 atom stereocenters. The van der Waals surface area contributed by atoms with E-state index in [2.05, 4.69) is 6.07 Å². The van der Waals surface area contributed by atoms with E-state index in [4.69, 9.17) is 31.5 Å². The number of aryl methyl sites for hydroxylation is 1. The molecule has 3 aromatic carbocycles. The van der Waals surface area contributed by atoms with Crippen LogP contribution in [-0.4, -0.2) is 11.2 Å². The zero-order chi connectivity index (χ0) is 28.2. The number of fused-ring (bicyclic) bond motifs is 1. The van der Waals surface area contributed by atoms with Crippen LogP contribution in [-0.2, 0) is 13.2 Å². The molecular formula is C32H28ClN3O4. The average molecular weight is 554 g/mol. The number of hydrogen-bond acceptors (Lipinski definition) is 6. The molecule has 40 heavy (non-hydrogen) atoms. The molecule has 202 valence electrons. The molecule has 4 aromatic rings. The van der Waals surface area contributed by atoms with Crippen molar-refractivity contribution in [2.75, 3.05) is 6.61 Å². The van der Waals surface area contributed by atoms with Gasteiger partial charge < -0.3 is 24.5 Å². The summed E-state index contributed by atoms with van der Waals surface area (Å²) in [5.74, 6) is 0.603. The minimum atomic E-state index is -0.742. The van der Waals surface area contributed by atoms with Crippen molar-refractivity contribution in [1.29, 1.82) is 5.26 Å². The Morgan fingerprint density at radius 2 is 1.75 bits per heavy atom. The minimum absolute atomic E-state index is 0.0272. The zero-order valence-electron chi connectivity index (χ0n) is 22.2. The first-order chi connectivity index (χ1) is 19.4. The number of pyridine rings is 1. The summed E-state index contributed by atoms with van der Waals surface area (Å²) in [6, 6.07) is 26.5. The van der Waals surface area contributed by atoms with Gasteiger partial charge in [-0.05, 0) is 54.8 Å². The van der Waals surface area contributed by atoms with E-state index in [1.807, 2.05) is 74.5 Å². The van der Waals surface area contributed by atoms with Crippen molar-refractivity contribution in [3.63, 3.8) is 0 Å². The van der Waals surface area contributed by atoms with Gasteiger partial charge in [-0.25, -0.2) is 0 Å². The highest BCUT2D eigenvalue weighted by atomic mass is 35.5. The highest BCUT2D eigenvalue weighted by Crippen LogP contribution is 2.43. The zero-order valence-corrected chi connectivity index (χ0v) is 22.9. The van der Waals surface area contributed by atoms with Gasteiger partial charge in [0.2, 0.25) is 5.88 Å². The molecule has 1 aliphatic rings. The van der Waals surface area contributed by atoms with E-state index in [0.29, 0.717) is 53.2 Å². The number of nitriles is 1. The highest BCUT2D eigenvalue weighted by molar-refractivity contribution is 6.30. The maximum absolute atomic E-state index is 14.0. The molecule has 0 amide bonds. The van der Waals surface area contributed by atoms with Crippen LogP contribution in [0.1, 0.15) is 40.8 Å². The van der Waals surface area contributed by atoms with E-state index in [-0.39, 0.29) is 17.0 Å². The van der Waals surface area contributed by atoms with Gasteiger partial charge in [0, 0.05) is 16.8 Å². The number of allylic oxidation sites excluding steroid dienone is 1. The third-order valence-corrected chi connectivity index (χ3v) is 7.03. The van der Waals surface area contributed by atoms with Gasteiger partial charge in [-0.15, -0.1) is 0 Å². The Bertz CT molecular complexity index is 1670. The summed E-state index contributed by atoms with van der Waals surface area (Å²) in [6.45, 7) is 4.83. The normalized spacial score (nSPS) is 14.2. The molecule has 0 saturated heterocycles. The van der Waals surface area contributed by atoms with Crippen molar-refractivity contribution in [3.8, 4) is 23.3 Å². The Morgan fingerprint density at radius 3 is 2.45 bits per heavy atom. The fraction of sp³-hybridized carbons (Fsp3) is 0.188. The Kier molecular flexibility index (Phi) is 7.81. The van der Waals surface area contributed by atoms with Crippen LogP contribution in [0.5, 0.6) is 17.2 Å². The maximum atomic E-state index is 14.0. The lowest BCUT2D eigenvalue weighted by Crippen LogP contribution is -2.33. The lowest BCUT2D eigenvalue weighted by molar-refractivity contribution is 0.269. The van der Waals surface area contributed by atoms with Crippen LogP contribution in [0.2, 0.25) is 5.02 Å². The Morgan fingerprint density at radius 1 is 1.00 bits per heavy atom. The van der Waals surface area contributed by atoms with Crippen LogP contribution in [0, 0.1) is 18.3 Å². The Labute approximate surface area is 237 Å². The highest BCUT2D eigenvalue weighted by Gasteiger charge is 2.35. The third-order valence-electron chi connectivity index (χ3n) is 6.78. The Hall–Kier alpha value is -4.67. The smallest absolute Gasteiger partial charge is 0.259 e. The molecule has 2 N–H and O–H groups in total. The number of rotatable bonds is 8. The molecule has 5 rings (SSSR count). The van der Waals surface area contributed by atoms with Gasteiger partial charge in [0.25, 0.3) is 5.56 Å². The number of halogens is 1. The van der Waals surface area contributed by atoms with Crippen LogP contribution in [0.25, 0.3) is 0 Å². The van der Waals surface area contributed by atoms with Gasteiger partial charge in [-0.3, -0.25) is 4.79 Å². The molecule has 1 aliphatic heterocycles. The van der Waals surface area contributed by atoms with Gasteiger partial charge in [-0.2, -0.15) is 5.26 Å². The number of nitrogens with zero attached hydrogens (tertiary/aromatic N) is 2. The molecule has 0 unspecified atom stereocenters. The van der Waals surface area contributed by atoms with Crippen molar-refractivity contribution in [3.05, 3.63) is 134 Å². The summed E-state index contributed by atoms with van der Waals surface area (Å²) in [5.41, 5.74) is 9.80. The third kappa shape index (κ3) is 5.40. The number of nitrogens with two attached hydrogens (primary N) is 1. The van der Waals surface area contributed by atoms with Crippen LogP contribution in [0.15, 0.2) is 95.1 Å². The van der Waals surface area contributed by atoms with Gasteiger partial charge >= 0.3 is 0 Å². The number of ether oxygens (including phenoxy) is 3.